The third kappa shape index (κ3) is 3.79. The second-order valence-electron chi connectivity index (χ2n) is 3.11. The third-order valence-corrected chi connectivity index (χ3v) is 2.12. The zero-order valence-electron chi connectivity index (χ0n) is 7.39. The Kier molecular flexibility index (Phi) is 5.62. The molecule has 0 aromatic heterocycles. The zero-order chi connectivity index (χ0) is 8.85. The van der Waals surface area contributed by atoms with Crippen molar-refractivity contribution in [3.8, 4) is 0 Å². The second kappa shape index (κ2) is 5.62. The van der Waals surface area contributed by atoms with Gasteiger partial charge in [0.25, 0.3) is 0 Å². The van der Waals surface area contributed by atoms with E-state index in [-0.39, 0.29) is 5.92 Å². The molecule has 63 valence electrons. The Hall–Kier alpha value is 0. The molecule has 0 amide bonds. The van der Waals surface area contributed by atoms with Crippen LogP contribution in [0.15, 0.2) is 0 Å². The lowest BCUT2D eigenvalue weighted by Gasteiger charge is -2.25. The monoisotopic (exact) mass is 151 g/mol. The Balaban J connectivity index is 3.87. The second-order valence-corrected chi connectivity index (χ2v) is 3.11. The molecule has 11 heavy (non-hydrogen) atoms. The molecule has 0 bridgehead atoms. The molecule has 0 saturated heterocycles. The van der Waals surface area contributed by atoms with Crippen molar-refractivity contribution in [1.29, 1.82) is 0 Å². The van der Waals surface area contributed by atoms with Crippen LogP contribution < -0.4 is 0 Å². The molecule has 0 nitrogen and oxygen atoms in total. The van der Waals surface area contributed by atoms with Crippen molar-refractivity contribution in [3.63, 3.8) is 0 Å². The van der Waals surface area contributed by atoms with Crippen LogP contribution in [-0.2, 0) is 0 Å². The van der Waals surface area contributed by atoms with E-state index in [0.29, 0.717) is 11.8 Å². The van der Waals surface area contributed by atoms with Crippen molar-refractivity contribution in [1.82, 2.24) is 0 Å². The Bertz CT molecular complexity index is 84.0. The minimum absolute atomic E-state index is 0.223. The average Bonchev–Trinajstić information content (AvgIpc) is 1.98. The van der Waals surface area contributed by atoms with Gasteiger partial charge >= 0.3 is 0 Å². The van der Waals surface area contributed by atoms with Crippen molar-refractivity contribution in [3.05, 3.63) is 34.6 Å². The summed E-state index contributed by atoms with van der Waals surface area (Å²) in [6.07, 6.45) is 2.88. The van der Waals surface area contributed by atoms with Gasteiger partial charge in [0.2, 0.25) is 0 Å². The summed E-state index contributed by atoms with van der Waals surface area (Å²) >= 11 is 0. The molecule has 0 aliphatic rings. The van der Waals surface area contributed by atoms with Crippen LogP contribution in [0.3, 0.4) is 0 Å². The first-order valence-corrected chi connectivity index (χ1v) is 4.21. The quantitative estimate of drug-likeness (QED) is 0.566. The summed E-state index contributed by atoms with van der Waals surface area (Å²) in [5.74, 6) is 1.10. The first kappa shape index (κ1) is 11.0. The fraction of sp³-hybridized carbons (Fsp3) is 0.545. The molecule has 0 heterocycles. The van der Waals surface area contributed by atoms with Gasteiger partial charge < -0.3 is 0 Å². The van der Waals surface area contributed by atoms with Gasteiger partial charge in [-0.05, 0) is 44.9 Å². The van der Waals surface area contributed by atoms with Gasteiger partial charge in [0.15, 0.2) is 0 Å². The standard InChI is InChI=1S/C11H19/c1-6-8-11(9(3)4)10(5)7-2/h9-11H,1-8H2. The molecule has 0 rings (SSSR count). The SMILES string of the molecule is [CH2]CCC(C([CH2])[CH2])C([CH2])C[CH2]. The predicted molar refractivity (Wildman–Crippen MR) is 51.1 cm³/mol. The highest BCUT2D eigenvalue weighted by atomic mass is 14.2. The van der Waals surface area contributed by atoms with Gasteiger partial charge in [-0.3, -0.25) is 0 Å². The maximum atomic E-state index is 4.03. The molecule has 2 unspecified atom stereocenters. The van der Waals surface area contributed by atoms with Gasteiger partial charge in [-0.2, -0.15) is 0 Å². The molecule has 0 spiro atoms. The van der Waals surface area contributed by atoms with Crippen LogP contribution in [0.25, 0.3) is 0 Å². The molecular formula is C11H19. The van der Waals surface area contributed by atoms with E-state index in [0.717, 1.165) is 19.3 Å². The summed E-state index contributed by atoms with van der Waals surface area (Å²) in [5, 5.41) is 0. The smallest absolute Gasteiger partial charge is 0.0357 e. The minimum atomic E-state index is 0.223. The molecule has 0 aliphatic carbocycles. The number of hydrogen-bond acceptors (Lipinski definition) is 0. The Morgan fingerprint density at radius 3 is 1.82 bits per heavy atom. The summed E-state index contributed by atoms with van der Waals surface area (Å²) in [4.78, 5) is 0. The average molecular weight is 151 g/mol. The maximum Gasteiger partial charge on any atom is -0.0357 e. The maximum absolute atomic E-state index is 4.03. The summed E-state index contributed by atoms with van der Waals surface area (Å²) in [6, 6.07) is 0. The lowest BCUT2D eigenvalue weighted by Crippen LogP contribution is -2.17. The van der Waals surface area contributed by atoms with E-state index in [1.54, 1.807) is 0 Å². The van der Waals surface area contributed by atoms with Crippen LogP contribution in [0.5, 0.6) is 0 Å². The third-order valence-electron chi connectivity index (χ3n) is 2.12. The lowest BCUT2D eigenvalue weighted by atomic mass is 9.80. The fourth-order valence-electron chi connectivity index (χ4n) is 1.31. The molecule has 0 heteroatoms. The largest absolute Gasteiger partial charge is 0.0533 e. The van der Waals surface area contributed by atoms with Crippen LogP contribution in [0.2, 0.25) is 0 Å². The Morgan fingerprint density at radius 2 is 1.55 bits per heavy atom. The molecule has 2 atom stereocenters. The van der Waals surface area contributed by atoms with E-state index in [1.165, 1.54) is 0 Å². The highest BCUT2D eigenvalue weighted by Crippen LogP contribution is 2.26. The van der Waals surface area contributed by atoms with Gasteiger partial charge in [-0.15, -0.1) is 0 Å². The van der Waals surface area contributed by atoms with E-state index >= 15 is 0 Å². The summed E-state index contributed by atoms with van der Waals surface area (Å²) < 4.78 is 0. The molecule has 0 N–H and O–H groups in total. The van der Waals surface area contributed by atoms with Crippen LogP contribution in [0.1, 0.15) is 19.3 Å². The van der Waals surface area contributed by atoms with E-state index < -0.39 is 0 Å². The van der Waals surface area contributed by atoms with Crippen molar-refractivity contribution in [2.45, 2.75) is 19.3 Å². The van der Waals surface area contributed by atoms with Crippen molar-refractivity contribution >= 4 is 0 Å². The van der Waals surface area contributed by atoms with Gasteiger partial charge in [-0.1, -0.05) is 26.7 Å². The van der Waals surface area contributed by atoms with Gasteiger partial charge in [0.1, 0.15) is 0 Å². The first-order chi connectivity index (χ1) is 5.13. The normalized spacial score (nSPS) is 16.9. The first-order valence-electron chi connectivity index (χ1n) is 4.21. The molecule has 5 radical (unpaired) electrons. The van der Waals surface area contributed by atoms with Crippen molar-refractivity contribution in [2.75, 3.05) is 0 Å². The van der Waals surface area contributed by atoms with Crippen molar-refractivity contribution < 1.29 is 0 Å². The van der Waals surface area contributed by atoms with E-state index in [9.17, 15) is 0 Å². The Labute approximate surface area is 72.4 Å². The fourth-order valence-corrected chi connectivity index (χ4v) is 1.31. The zero-order valence-corrected chi connectivity index (χ0v) is 7.39. The van der Waals surface area contributed by atoms with Crippen LogP contribution >= 0.6 is 0 Å². The lowest BCUT2D eigenvalue weighted by molar-refractivity contribution is 0.317. The van der Waals surface area contributed by atoms with E-state index in [2.05, 4.69) is 34.6 Å². The number of rotatable bonds is 5. The van der Waals surface area contributed by atoms with Crippen LogP contribution in [0, 0.1) is 52.4 Å². The van der Waals surface area contributed by atoms with Crippen molar-refractivity contribution in [2.24, 2.45) is 17.8 Å². The van der Waals surface area contributed by atoms with Crippen LogP contribution in [-0.4, -0.2) is 0 Å². The van der Waals surface area contributed by atoms with Gasteiger partial charge in [0, 0.05) is 0 Å². The van der Waals surface area contributed by atoms with Crippen LogP contribution in [0.4, 0.5) is 0 Å². The van der Waals surface area contributed by atoms with Gasteiger partial charge in [-0.25, -0.2) is 0 Å². The molecule has 0 fully saturated rings. The molecular weight excluding hydrogens is 132 g/mol. The molecule has 0 saturated carbocycles. The highest BCUT2D eigenvalue weighted by Gasteiger charge is 2.18. The summed E-state index contributed by atoms with van der Waals surface area (Å²) in [7, 11) is 0. The minimum Gasteiger partial charge on any atom is -0.0533 e. The van der Waals surface area contributed by atoms with Gasteiger partial charge in [0.05, 0.1) is 0 Å². The van der Waals surface area contributed by atoms with E-state index in [1.807, 2.05) is 0 Å². The summed E-state index contributed by atoms with van der Waals surface area (Å²) in [6.45, 7) is 19.5. The number of hydrogen-bond donors (Lipinski definition) is 0. The molecule has 0 aliphatic heterocycles. The molecule has 0 aromatic carbocycles. The molecule has 0 aromatic rings. The topological polar surface area (TPSA) is 0 Å². The Morgan fingerprint density at radius 1 is 1.00 bits per heavy atom. The summed E-state index contributed by atoms with van der Waals surface area (Å²) in [5.41, 5.74) is 0. The predicted octanol–water partition coefficient (Wildman–Crippen LogP) is 3.18. The van der Waals surface area contributed by atoms with E-state index in [4.69, 9.17) is 0 Å². The highest BCUT2D eigenvalue weighted by molar-refractivity contribution is 4.82.